The van der Waals surface area contributed by atoms with Gasteiger partial charge in [0.1, 0.15) is 5.82 Å². The molecule has 0 spiro atoms. The Morgan fingerprint density at radius 3 is 2.60 bits per heavy atom. The van der Waals surface area contributed by atoms with Gasteiger partial charge >= 0.3 is 5.97 Å². The van der Waals surface area contributed by atoms with Crippen LogP contribution in [0.3, 0.4) is 0 Å². The van der Waals surface area contributed by atoms with Crippen LogP contribution in [0.15, 0.2) is 0 Å². The van der Waals surface area contributed by atoms with Gasteiger partial charge in [-0.3, -0.25) is 0 Å². The highest BCUT2D eigenvalue weighted by Gasteiger charge is 2.27. The molecular weight excluding hydrogens is 256 g/mol. The van der Waals surface area contributed by atoms with E-state index in [0.29, 0.717) is 18.5 Å². The number of rotatable bonds is 5. The van der Waals surface area contributed by atoms with E-state index in [1.54, 1.807) is 6.92 Å². The normalized spacial score (nSPS) is 17.4. The first kappa shape index (κ1) is 15.0. The molecule has 6 heteroatoms. The van der Waals surface area contributed by atoms with Crippen LogP contribution in [0.25, 0.3) is 0 Å². The number of aromatic nitrogens is 3. The Hall–Kier alpha value is -1.43. The summed E-state index contributed by atoms with van der Waals surface area (Å²) in [7, 11) is 0. The van der Waals surface area contributed by atoms with E-state index in [1.165, 1.54) is 6.42 Å². The molecule has 112 valence electrons. The molecule has 0 unspecified atom stereocenters. The van der Waals surface area contributed by atoms with E-state index < -0.39 is 0 Å². The van der Waals surface area contributed by atoms with Crippen LogP contribution in [-0.4, -0.2) is 51.9 Å². The molecular formula is C14H24N4O2. The first-order valence-corrected chi connectivity index (χ1v) is 7.48. The van der Waals surface area contributed by atoms with Gasteiger partial charge in [-0.2, -0.15) is 0 Å². The van der Waals surface area contributed by atoms with Crippen LogP contribution in [0.4, 0.5) is 0 Å². The summed E-state index contributed by atoms with van der Waals surface area (Å²) in [5, 5.41) is 8.04. The van der Waals surface area contributed by atoms with Crippen molar-refractivity contribution in [3.05, 3.63) is 11.6 Å². The lowest BCUT2D eigenvalue weighted by Gasteiger charge is -2.33. The van der Waals surface area contributed by atoms with Crippen molar-refractivity contribution in [3.63, 3.8) is 0 Å². The standard InChI is InChI=1S/C14H24N4O2/c1-4-8-17-9-6-12(7-10-17)18-11(3)15-16-13(18)14(19)20-5-2/h12H,4-10H2,1-3H3. The monoisotopic (exact) mass is 280 g/mol. The number of carbonyl (C=O) groups is 1. The fourth-order valence-electron chi connectivity index (χ4n) is 2.86. The molecule has 1 saturated heterocycles. The Morgan fingerprint density at radius 1 is 1.30 bits per heavy atom. The van der Waals surface area contributed by atoms with Crippen molar-refractivity contribution in [2.45, 2.75) is 46.1 Å². The van der Waals surface area contributed by atoms with Gasteiger partial charge in [-0.05, 0) is 39.7 Å². The molecule has 2 heterocycles. The van der Waals surface area contributed by atoms with Gasteiger partial charge in [-0.15, -0.1) is 10.2 Å². The van der Waals surface area contributed by atoms with E-state index in [2.05, 4.69) is 22.0 Å². The second-order valence-corrected chi connectivity index (χ2v) is 5.23. The van der Waals surface area contributed by atoms with Gasteiger partial charge in [-0.1, -0.05) is 6.92 Å². The summed E-state index contributed by atoms with van der Waals surface area (Å²) in [5.41, 5.74) is 0. The van der Waals surface area contributed by atoms with E-state index in [-0.39, 0.29) is 5.97 Å². The highest BCUT2D eigenvalue weighted by atomic mass is 16.5. The van der Waals surface area contributed by atoms with Crippen molar-refractivity contribution in [3.8, 4) is 0 Å². The third-order valence-corrected chi connectivity index (χ3v) is 3.79. The maximum atomic E-state index is 11.9. The summed E-state index contributed by atoms with van der Waals surface area (Å²) in [6.07, 6.45) is 3.25. The van der Waals surface area contributed by atoms with E-state index in [9.17, 15) is 4.79 Å². The molecule has 0 aromatic carbocycles. The lowest BCUT2D eigenvalue weighted by atomic mass is 10.0. The van der Waals surface area contributed by atoms with Gasteiger partial charge in [0.05, 0.1) is 6.61 Å². The van der Waals surface area contributed by atoms with Crippen LogP contribution >= 0.6 is 0 Å². The van der Waals surface area contributed by atoms with Gasteiger partial charge < -0.3 is 14.2 Å². The highest BCUT2D eigenvalue weighted by Crippen LogP contribution is 2.25. The third kappa shape index (κ3) is 3.17. The van der Waals surface area contributed by atoms with E-state index in [0.717, 1.165) is 38.3 Å². The number of ether oxygens (including phenoxy) is 1. The fourth-order valence-corrected chi connectivity index (χ4v) is 2.86. The van der Waals surface area contributed by atoms with Crippen molar-refractivity contribution in [2.24, 2.45) is 0 Å². The van der Waals surface area contributed by atoms with Crippen LogP contribution in [0.2, 0.25) is 0 Å². The number of hydrogen-bond donors (Lipinski definition) is 0. The molecule has 1 aliphatic heterocycles. The molecule has 1 aliphatic rings. The molecule has 0 radical (unpaired) electrons. The first-order chi connectivity index (χ1) is 9.67. The molecule has 1 fully saturated rings. The number of likely N-dealkylation sites (tertiary alicyclic amines) is 1. The minimum atomic E-state index is -0.371. The molecule has 0 saturated carbocycles. The Balaban J connectivity index is 2.09. The highest BCUT2D eigenvalue weighted by molar-refractivity contribution is 5.85. The van der Waals surface area contributed by atoms with E-state index in [1.807, 2.05) is 11.5 Å². The van der Waals surface area contributed by atoms with Gasteiger partial charge in [0.25, 0.3) is 0 Å². The van der Waals surface area contributed by atoms with Crippen molar-refractivity contribution < 1.29 is 9.53 Å². The molecule has 0 N–H and O–H groups in total. The fraction of sp³-hybridized carbons (Fsp3) is 0.786. The first-order valence-electron chi connectivity index (χ1n) is 7.48. The summed E-state index contributed by atoms with van der Waals surface area (Å²) in [5.74, 6) is 0.768. The predicted molar refractivity (Wildman–Crippen MR) is 75.7 cm³/mol. The third-order valence-electron chi connectivity index (χ3n) is 3.79. The molecule has 0 amide bonds. The Kier molecular flexibility index (Phi) is 5.11. The van der Waals surface area contributed by atoms with E-state index in [4.69, 9.17) is 4.74 Å². The molecule has 0 bridgehead atoms. The molecule has 2 rings (SSSR count). The Morgan fingerprint density at radius 2 is 2.00 bits per heavy atom. The lowest BCUT2D eigenvalue weighted by Crippen LogP contribution is -2.36. The summed E-state index contributed by atoms with van der Waals surface area (Å²) in [4.78, 5) is 14.4. The van der Waals surface area contributed by atoms with Gasteiger partial charge in [0.15, 0.2) is 0 Å². The maximum absolute atomic E-state index is 11.9. The molecule has 6 nitrogen and oxygen atoms in total. The van der Waals surface area contributed by atoms with Gasteiger partial charge in [0, 0.05) is 19.1 Å². The SMILES string of the molecule is CCCN1CCC(n2c(C)nnc2C(=O)OCC)CC1. The van der Waals surface area contributed by atoms with Crippen LogP contribution < -0.4 is 0 Å². The molecule has 1 aromatic rings. The average molecular weight is 280 g/mol. The molecule has 20 heavy (non-hydrogen) atoms. The minimum absolute atomic E-state index is 0.303. The van der Waals surface area contributed by atoms with Crippen LogP contribution in [0.5, 0.6) is 0 Å². The Bertz CT molecular complexity index is 450. The zero-order chi connectivity index (χ0) is 14.5. The number of aryl methyl sites for hydroxylation is 1. The zero-order valence-corrected chi connectivity index (χ0v) is 12.6. The molecule has 0 aliphatic carbocycles. The van der Waals surface area contributed by atoms with Gasteiger partial charge in [0.2, 0.25) is 5.82 Å². The van der Waals surface area contributed by atoms with Crippen molar-refractivity contribution in [1.29, 1.82) is 0 Å². The molecule has 1 aromatic heterocycles. The van der Waals surface area contributed by atoms with Gasteiger partial charge in [-0.25, -0.2) is 4.79 Å². The predicted octanol–water partition coefficient (Wildman–Crippen LogP) is 1.81. The smallest absolute Gasteiger partial charge is 0.376 e. The zero-order valence-electron chi connectivity index (χ0n) is 12.6. The van der Waals surface area contributed by atoms with Crippen molar-refractivity contribution in [1.82, 2.24) is 19.7 Å². The number of nitrogens with zero attached hydrogens (tertiary/aromatic N) is 4. The summed E-state index contributed by atoms with van der Waals surface area (Å²) >= 11 is 0. The minimum Gasteiger partial charge on any atom is -0.460 e. The largest absolute Gasteiger partial charge is 0.460 e. The summed E-state index contributed by atoms with van der Waals surface area (Å²) < 4.78 is 7.02. The van der Waals surface area contributed by atoms with Crippen molar-refractivity contribution >= 4 is 5.97 Å². The quantitative estimate of drug-likeness (QED) is 0.770. The van der Waals surface area contributed by atoms with Crippen LogP contribution in [0, 0.1) is 6.92 Å². The number of piperidine rings is 1. The maximum Gasteiger partial charge on any atom is 0.376 e. The lowest BCUT2D eigenvalue weighted by molar-refractivity contribution is 0.0498. The average Bonchev–Trinajstić information content (AvgIpc) is 2.82. The number of hydrogen-bond acceptors (Lipinski definition) is 5. The molecule has 0 atom stereocenters. The van der Waals surface area contributed by atoms with E-state index >= 15 is 0 Å². The van der Waals surface area contributed by atoms with Crippen molar-refractivity contribution in [2.75, 3.05) is 26.2 Å². The summed E-state index contributed by atoms with van der Waals surface area (Å²) in [6.45, 7) is 9.55. The second kappa shape index (κ2) is 6.83. The second-order valence-electron chi connectivity index (χ2n) is 5.23. The number of esters is 1. The summed E-state index contributed by atoms with van der Waals surface area (Å²) in [6, 6.07) is 0.303. The van der Waals surface area contributed by atoms with Crippen LogP contribution in [0.1, 0.15) is 55.6 Å². The topological polar surface area (TPSA) is 60.2 Å². The Labute approximate surface area is 120 Å². The number of carbonyl (C=O) groups excluding carboxylic acids is 1. The van der Waals surface area contributed by atoms with Crippen LogP contribution in [-0.2, 0) is 4.74 Å².